The molecule has 2 fully saturated rings. The zero-order valence-electron chi connectivity index (χ0n) is 17.9. The number of carbonyl (C=O) groups excluding carboxylic acids is 1. The molecule has 31 heavy (non-hydrogen) atoms. The quantitative estimate of drug-likeness (QED) is 0.807. The van der Waals surface area contributed by atoms with Gasteiger partial charge in [0.2, 0.25) is 5.91 Å². The molecule has 0 spiro atoms. The van der Waals surface area contributed by atoms with Crippen molar-refractivity contribution in [3.05, 3.63) is 52.6 Å². The van der Waals surface area contributed by atoms with Gasteiger partial charge in [-0.1, -0.05) is 38.2 Å². The lowest BCUT2D eigenvalue weighted by Gasteiger charge is -2.34. The number of nitrogens with one attached hydrogen (secondary N) is 1. The van der Waals surface area contributed by atoms with Crippen LogP contribution < -0.4 is 15.8 Å². The first-order valence-electron chi connectivity index (χ1n) is 11.5. The third-order valence-electron chi connectivity index (χ3n) is 6.41. The van der Waals surface area contributed by atoms with Crippen LogP contribution in [0.2, 0.25) is 0 Å². The first kappa shape index (κ1) is 21.5. The second-order valence-corrected chi connectivity index (χ2v) is 8.76. The van der Waals surface area contributed by atoms with Crippen LogP contribution in [-0.4, -0.2) is 34.8 Å². The zero-order valence-corrected chi connectivity index (χ0v) is 17.9. The molecule has 1 aromatic carbocycles. The van der Waals surface area contributed by atoms with E-state index in [4.69, 9.17) is 0 Å². The van der Waals surface area contributed by atoms with E-state index in [-0.39, 0.29) is 23.4 Å². The Hall–Kier alpha value is -2.70. The van der Waals surface area contributed by atoms with Gasteiger partial charge in [-0.15, -0.1) is 5.10 Å². The number of nitrogens with zero attached hydrogens (tertiary/aromatic N) is 3. The first-order chi connectivity index (χ1) is 15.1. The average molecular weight is 427 g/mol. The summed E-state index contributed by atoms with van der Waals surface area (Å²) in [7, 11) is 0. The molecule has 1 aliphatic heterocycles. The predicted octanol–water partition coefficient (Wildman–Crippen LogP) is 3.82. The maximum absolute atomic E-state index is 13.6. The minimum absolute atomic E-state index is 0.0875. The fraction of sp³-hybridized carbons (Fsp3) is 0.542. The number of rotatable bonds is 4. The molecule has 1 N–H and O–H groups in total. The molecule has 6 nitrogen and oxygen atoms in total. The molecule has 2 aliphatic rings. The summed E-state index contributed by atoms with van der Waals surface area (Å²) < 4.78 is 14.8. The summed E-state index contributed by atoms with van der Waals surface area (Å²) >= 11 is 0. The van der Waals surface area contributed by atoms with Gasteiger partial charge in [-0.2, -0.15) is 4.68 Å². The Labute approximate surface area is 182 Å². The second-order valence-electron chi connectivity index (χ2n) is 8.76. The molecular formula is C24H31FN4O2. The smallest absolute Gasteiger partial charge is 0.271 e. The highest BCUT2D eigenvalue weighted by molar-refractivity contribution is 5.79. The highest BCUT2D eigenvalue weighted by Gasteiger charge is 2.28. The number of aromatic nitrogens is 2. The van der Waals surface area contributed by atoms with Crippen molar-refractivity contribution in [2.75, 3.05) is 18.0 Å². The van der Waals surface area contributed by atoms with Crippen molar-refractivity contribution in [2.24, 2.45) is 5.92 Å². The molecule has 4 rings (SSSR count). The largest absolute Gasteiger partial charge is 0.354 e. The molecule has 2 heterocycles. The van der Waals surface area contributed by atoms with Crippen LogP contribution in [0.25, 0.3) is 5.69 Å². The van der Waals surface area contributed by atoms with Crippen LogP contribution in [-0.2, 0) is 4.79 Å². The average Bonchev–Trinajstić information content (AvgIpc) is 2.76. The SMILES string of the molecule is O=C(NC1CCCCCCC1)C1CCCN(c2ccc(=O)n(-c3cccc(F)c3)n2)C1. The molecule has 1 unspecified atom stereocenters. The predicted molar refractivity (Wildman–Crippen MR) is 119 cm³/mol. The van der Waals surface area contributed by atoms with Gasteiger partial charge in [0, 0.05) is 25.2 Å². The van der Waals surface area contributed by atoms with E-state index in [0.717, 1.165) is 32.2 Å². The number of halogens is 1. The highest BCUT2D eigenvalue weighted by Crippen LogP contribution is 2.23. The zero-order chi connectivity index (χ0) is 21.6. The van der Waals surface area contributed by atoms with Gasteiger partial charge < -0.3 is 10.2 Å². The Kier molecular flexibility index (Phi) is 6.99. The number of carbonyl (C=O) groups is 1. The van der Waals surface area contributed by atoms with Gasteiger partial charge in [0.25, 0.3) is 5.56 Å². The summed E-state index contributed by atoms with van der Waals surface area (Å²) in [5.41, 5.74) is 0.0763. The standard InChI is InChI=1S/C24H31FN4O2/c25-19-9-6-12-21(16-19)29-23(30)14-13-22(27-29)28-15-7-8-18(17-28)24(31)26-20-10-4-2-1-3-5-11-20/h6,9,12-14,16,18,20H,1-5,7-8,10-11,15,17H2,(H,26,31). The van der Waals surface area contributed by atoms with Crippen molar-refractivity contribution < 1.29 is 9.18 Å². The van der Waals surface area contributed by atoms with E-state index in [0.29, 0.717) is 18.1 Å². The number of hydrogen-bond acceptors (Lipinski definition) is 4. The lowest BCUT2D eigenvalue weighted by atomic mass is 9.94. The molecule has 1 aromatic heterocycles. The summed E-state index contributed by atoms with van der Waals surface area (Å²) in [6.07, 6.45) is 10.1. The lowest BCUT2D eigenvalue weighted by Crippen LogP contribution is -2.46. The number of amides is 1. The van der Waals surface area contributed by atoms with Crippen LogP contribution in [0.1, 0.15) is 57.8 Å². The van der Waals surface area contributed by atoms with Crippen LogP contribution in [0, 0.1) is 11.7 Å². The summed E-state index contributed by atoms with van der Waals surface area (Å²) in [6, 6.07) is 9.27. The van der Waals surface area contributed by atoms with Crippen LogP contribution in [0.3, 0.4) is 0 Å². The third kappa shape index (κ3) is 5.51. The third-order valence-corrected chi connectivity index (χ3v) is 6.41. The van der Waals surface area contributed by atoms with Gasteiger partial charge in [-0.05, 0) is 49.9 Å². The van der Waals surface area contributed by atoms with Crippen LogP contribution in [0.15, 0.2) is 41.2 Å². The molecule has 0 bridgehead atoms. The normalized spacial score (nSPS) is 20.7. The molecule has 1 atom stereocenters. The fourth-order valence-electron chi connectivity index (χ4n) is 4.68. The molecule has 2 aromatic rings. The van der Waals surface area contributed by atoms with Gasteiger partial charge in [0.1, 0.15) is 11.6 Å². The highest BCUT2D eigenvalue weighted by atomic mass is 19.1. The number of benzene rings is 1. The molecule has 1 aliphatic carbocycles. The number of hydrogen-bond donors (Lipinski definition) is 1. The maximum Gasteiger partial charge on any atom is 0.271 e. The van der Waals surface area contributed by atoms with Gasteiger partial charge in [0.15, 0.2) is 0 Å². The van der Waals surface area contributed by atoms with Crippen LogP contribution in [0.4, 0.5) is 10.2 Å². The molecule has 1 amide bonds. The van der Waals surface area contributed by atoms with Gasteiger partial charge in [-0.3, -0.25) is 9.59 Å². The minimum Gasteiger partial charge on any atom is -0.354 e. The summed E-state index contributed by atoms with van der Waals surface area (Å²) in [5.74, 6) is 0.261. The van der Waals surface area contributed by atoms with Crippen molar-refractivity contribution in [2.45, 2.75) is 63.8 Å². The summed E-state index contributed by atoms with van der Waals surface area (Å²) in [4.78, 5) is 27.3. The Morgan fingerprint density at radius 2 is 1.77 bits per heavy atom. The van der Waals surface area contributed by atoms with Crippen molar-refractivity contribution in [3.63, 3.8) is 0 Å². The molecule has 0 radical (unpaired) electrons. The van der Waals surface area contributed by atoms with Crippen molar-refractivity contribution in [3.8, 4) is 5.69 Å². The topological polar surface area (TPSA) is 67.2 Å². The number of anilines is 1. The van der Waals surface area contributed by atoms with E-state index in [1.807, 2.05) is 0 Å². The minimum atomic E-state index is -0.416. The summed E-state index contributed by atoms with van der Waals surface area (Å²) in [5, 5.41) is 7.77. The van der Waals surface area contributed by atoms with Gasteiger partial charge in [-0.25, -0.2) is 4.39 Å². The Bertz CT molecular complexity index is 953. The van der Waals surface area contributed by atoms with Gasteiger partial charge in [0.05, 0.1) is 11.6 Å². The molecule has 166 valence electrons. The van der Waals surface area contributed by atoms with Crippen LogP contribution >= 0.6 is 0 Å². The van der Waals surface area contributed by atoms with E-state index < -0.39 is 5.82 Å². The van der Waals surface area contributed by atoms with E-state index >= 15 is 0 Å². The Balaban J connectivity index is 1.45. The van der Waals surface area contributed by atoms with Crippen molar-refractivity contribution in [1.82, 2.24) is 15.1 Å². The van der Waals surface area contributed by atoms with Crippen LogP contribution in [0.5, 0.6) is 0 Å². The number of piperidine rings is 1. The van der Waals surface area contributed by atoms with Crippen molar-refractivity contribution >= 4 is 11.7 Å². The Morgan fingerprint density at radius 1 is 1.00 bits per heavy atom. The van der Waals surface area contributed by atoms with Gasteiger partial charge >= 0.3 is 0 Å². The molecule has 1 saturated carbocycles. The Morgan fingerprint density at radius 3 is 2.55 bits per heavy atom. The maximum atomic E-state index is 13.6. The molecule has 7 heteroatoms. The lowest BCUT2D eigenvalue weighted by molar-refractivity contribution is -0.126. The van der Waals surface area contributed by atoms with E-state index in [1.165, 1.54) is 55.0 Å². The molecule has 1 saturated heterocycles. The van der Waals surface area contributed by atoms with E-state index in [1.54, 1.807) is 18.2 Å². The fourth-order valence-corrected chi connectivity index (χ4v) is 4.68. The monoisotopic (exact) mass is 426 g/mol. The van der Waals surface area contributed by atoms with E-state index in [9.17, 15) is 14.0 Å². The first-order valence-corrected chi connectivity index (χ1v) is 11.5. The van der Waals surface area contributed by atoms with E-state index in [2.05, 4.69) is 15.3 Å². The molecular weight excluding hydrogens is 395 g/mol. The van der Waals surface area contributed by atoms with Crippen molar-refractivity contribution in [1.29, 1.82) is 0 Å². The summed E-state index contributed by atoms with van der Waals surface area (Å²) in [6.45, 7) is 1.36. The second kappa shape index (κ2) is 10.1.